The van der Waals surface area contributed by atoms with Gasteiger partial charge in [0.15, 0.2) is 0 Å². The van der Waals surface area contributed by atoms with Crippen LogP contribution >= 0.6 is 0 Å². The van der Waals surface area contributed by atoms with Crippen LogP contribution in [0.25, 0.3) is 0 Å². The van der Waals surface area contributed by atoms with Crippen molar-refractivity contribution in [1.82, 2.24) is 0 Å². The van der Waals surface area contributed by atoms with Gasteiger partial charge in [-0.3, -0.25) is 0 Å². The molecule has 27 heavy (non-hydrogen) atoms. The highest BCUT2D eigenvalue weighted by Crippen LogP contribution is 2.55. The SMILES string of the molecule is CCCOc1cccc(C(C)(O)CC(F)(F)C(F)(F)C(F)(F)C(F)(F)F)c1. The highest BCUT2D eigenvalue weighted by Gasteiger charge is 2.81. The Morgan fingerprint density at radius 2 is 1.48 bits per heavy atom. The third kappa shape index (κ3) is 4.61. The van der Waals surface area contributed by atoms with E-state index in [0.29, 0.717) is 13.3 Å². The number of hydrogen-bond acceptors (Lipinski definition) is 2. The van der Waals surface area contributed by atoms with Crippen LogP contribution in [0.15, 0.2) is 24.3 Å². The Balaban J connectivity index is 3.19. The molecule has 0 aromatic heterocycles. The van der Waals surface area contributed by atoms with E-state index in [2.05, 4.69) is 0 Å². The lowest BCUT2D eigenvalue weighted by Gasteiger charge is -2.37. The van der Waals surface area contributed by atoms with Gasteiger partial charge in [0.05, 0.1) is 18.6 Å². The Morgan fingerprint density at radius 1 is 0.926 bits per heavy atom. The standard InChI is InChI=1S/C16H17F9O2/c1-3-7-27-11-6-4-5-10(8-11)12(2,26)9-13(17,18)14(19,20)15(21,22)16(23,24)25/h4-6,8,26H,3,7,9H2,1-2H3. The molecule has 0 aliphatic rings. The lowest BCUT2D eigenvalue weighted by atomic mass is 9.86. The molecule has 0 heterocycles. The Morgan fingerprint density at radius 3 is 1.96 bits per heavy atom. The summed E-state index contributed by atoms with van der Waals surface area (Å²) in [7, 11) is 0. The molecule has 0 aliphatic carbocycles. The van der Waals surface area contributed by atoms with Crippen LogP contribution in [0, 0.1) is 0 Å². The van der Waals surface area contributed by atoms with Crippen LogP contribution in [0.4, 0.5) is 39.5 Å². The molecule has 2 nitrogen and oxygen atoms in total. The summed E-state index contributed by atoms with van der Waals surface area (Å²) in [6.07, 6.45) is -8.72. The van der Waals surface area contributed by atoms with Gasteiger partial charge in [-0.05, 0) is 31.0 Å². The van der Waals surface area contributed by atoms with Gasteiger partial charge in [-0.15, -0.1) is 0 Å². The Kier molecular flexibility index (Phi) is 6.41. The van der Waals surface area contributed by atoms with E-state index in [1.165, 1.54) is 12.1 Å². The Labute approximate surface area is 148 Å². The largest absolute Gasteiger partial charge is 0.494 e. The number of aliphatic hydroxyl groups is 1. The molecular formula is C16H17F9O2. The van der Waals surface area contributed by atoms with Crippen LogP contribution in [0.5, 0.6) is 5.75 Å². The summed E-state index contributed by atoms with van der Waals surface area (Å²) in [5.41, 5.74) is -3.26. The van der Waals surface area contributed by atoms with E-state index in [9.17, 15) is 44.6 Å². The molecule has 1 rings (SSSR count). The summed E-state index contributed by atoms with van der Waals surface area (Å²) in [5, 5.41) is 10.1. The van der Waals surface area contributed by atoms with Gasteiger partial charge in [0.2, 0.25) is 0 Å². The molecule has 1 aromatic rings. The lowest BCUT2D eigenvalue weighted by molar-refractivity contribution is -0.400. The van der Waals surface area contributed by atoms with Crippen molar-refractivity contribution in [3.05, 3.63) is 29.8 Å². The zero-order chi connectivity index (χ0) is 21.3. The zero-order valence-electron chi connectivity index (χ0n) is 14.2. The number of hydrogen-bond donors (Lipinski definition) is 1. The van der Waals surface area contributed by atoms with Gasteiger partial charge < -0.3 is 9.84 Å². The second kappa shape index (κ2) is 7.40. The second-order valence-electron chi connectivity index (χ2n) is 6.18. The highest BCUT2D eigenvalue weighted by atomic mass is 19.4. The molecule has 11 heteroatoms. The predicted molar refractivity (Wildman–Crippen MR) is 77.3 cm³/mol. The molecular weight excluding hydrogens is 395 g/mol. The molecule has 1 aromatic carbocycles. The third-order valence-corrected chi connectivity index (χ3v) is 3.70. The molecule has 0 radical (unpaired) electrons. The van der Waals surface area contributed by atoms with Crippen LogP contribution < -0.4 is 4.74 Å². The van der Waals surface area contributed by atoms with E-state index in [1.807, 2.05) is 0 Å². The highest BCUT2D eigenvalue weighted by molar-refractivity contribution is 5.32. The molecule has 0 bridgehead atoms. The summed E-state index contributed by atoms with van der Waals surface area (Å²) in [5.74, 6) is -19.6. The molecule has 0 spiro atoms. The molecule has 0 saturated heterocycles. The smallest absolute Gasteiger partial charge is 0.460 e. The van der Waals surface area contributed by atoms with E-state index >= 15 is 0 Å². The van der Waals surface area contributed by atoms with Gasteiger partial charge in [0.25, 0.3) is 0 Å². The first-order chi connectivity index (χ1) is 12.0. The van der Waals surface area contributed by atoms with Gasteiger partial charge in [-0.25, -0.2) is 0 Å². The van der Waals surface area contributed by atoms with Gasteiger partial charge >= 0.3 is 23.9 Å². The molecule has 0 amide bonds. The first-order valence-electron chi connectivity index (χ1n) is 7.65. The van der Waals surface area contributed by atoms with E-state index in [-0.39, 0.29) is 12.4 Å². The van der Waals surface area contributed by atoms with Gasteiger partial charge in [-0.1, -0.05) is 19.1 Å². The van der Waals surface area contributed by atoms with Crippen LogP contribution in [-0.2, 0) is 5.60 Å². The van der Waals surface area contributed by atoms with E-state index in [0.717, 1.165) is 12.1 Å². The van der Waals surface area contributed by atoms with Gasteiger partial charge in [0.1, 0.15) is 5.75 Å². The van der Waals surface area contributed by atoms with Crippen molar-refractivity contribution in [1.29, 1.82) is 0 Å². The van der Waals surface area contributed by atoms with Crippen LogP contribution in [0.1, 0.15) is 32.3 Å². The summed E-state index contributed by atoms with van der Waals surface area (Å²) in [4.78, 5) is 0. The van der Waals surface area contributed by atoms with E-state index in [4.69, 9.17) is 4.74 Å². The van der Waals surface area contributed by atoms with Crippen LogP contribution in [0.2, 0.25) is 0 Å². The average Bonchev–Trinajstić information content (AvgIpc) is 2.50. The van der Waals surface area contributed by atoms with E-state index < -0.39 is 41.5 Å². The fourth-order valence-corrected chi connectivity index (χ4v) is 2.19. The quantitative estimate of drug-likeness (QED) is 0.568. The fourth-order valence-electron chi connectivity index (χ4n) is 2.19. The van der Waals surface area contributed by atoms with Crippen LogP contribution in [-0.4, -0.2) is 35.7 Å². The maximum Gasteiger partial charge on any atom is 0.460 e. The van der Waals surface area contributed by atoms with Crippen molar-refractivity contribution in [2.24, 2.45) is 0 Å². The third-order valence-electron chi connectivity index (χ3n) is 3.70. The number of ether oxygens (including phenoxy) is 1. The number of alkyl halides is 9. The Bertz CT molecular complexity index is 639. The zero-order valence-corrected chi connectivity index (χ0v) is 14.2. The molecule has 0 saturated carbocycles. The van der Waals surface area contributed by atoms with Crippen molar-refractivity contribution in [2.75, 3.05) is 6.61 Å². The topological polar surface area (TPSA) is 29.5 Å². The summed E-state index contributed by atoms with van der Waals surface area (Å²) < 4.78 is 122. The molecule has 0 fully saturated rings. The number of benzene rings is 1. The minimum absolute atomic E-state index is 0.0744. The Hall–Kier alpha value is -1.65. The first-order valence-corrected chi connectivity index (χ1v) is 7.65. The van der Waals surface area contributed by atoms with E-state index in [1.54, 1.807) is 6.92 Å². The predicted octanol–water partition coefficient (Wildman–Crippen LogP) is 5.54. The maximum absolute atomic E-state index is 13.8. The van der Waals surface area contributed by atoms with Crippen LogP contribution in [0.3, 0.4) is 0 Å². The van der Waals surface area contributed by atoms with Crippen molar-refractivity contribution >= 4 is 0 Å². The number of halogens is 9. The minimum Gasteiger partial charge on any atom is -0.494 e. The molecule has 1 unspecified atom stereocenters. The fraction of sp³-hybridized carbons (Fsp3) is 0.625. The molecule has 1 N–H and O–H groups in total. The molecule has 1 atom stereocenters. The van der Waals surface area contributed by atoms with Crippen molar-refractivity contribution in [2.45, 2.75) is 56.2 Å². The monoisotopic (exact) mass is 412 g/mol. The molecule has 156 valence electrons. The first kappa shape index (κ1) is 23.4. The summed E-state index contributed by atoms with van der Waals surface area (Å²) in [6.45, 7) is 2.56. The number of rotatable bonds is 8. The minimum atomic E-state index is -6.99. The van der Waals surface area contributed by atoms with Crippen molar-refractivity contribution < 1.29 is 49.4 Å². The normalized spacial score (nSPS) is 16.1. The van der Waals surface area contributed by atoms with Crippen molar-refractivity contribution in [3.8, 4) is 5.75 Å². The van der Waals surface area contributed by atoms with Gasteiger partial charge in [0, 0.05) is 0 Å². The second-order valence-corrected chi connectivity index (χ2v) is 6.18. The maximum atomic E-state index is 13.8. The summed E-state index contributed by atoms with van der Waals surface area (Å²) >= 11 is 0. The average molecular weight is 412 g/mol. The summed E-state index contributed by atoms with van der Waals surface area (Å²) in [6, 6.07) is 4.61. The lowest BCUT2D eigenvalue weighted by Crippen LogP contribution is -2.62. The van der Waals surface area contributed by atoms with Gasteiger partial charge in [-0.2, -0.15) is 39.5 Å². The molecule has 0 aliphatic heterocycles. The van der Waals surface area contributed by atoms with Crippen molar-refractivity contribution in [3.63, 3.8) is 0 Å².